The molecule has 0 spiro atoms. The topological polar surface area (TPSA) is 55.1 Å². The number of benzene rings is 1. The molecule has 0 radical (unpaired) electrons. The van der Waals surface area contributed by atoms with E-state index in [1.54, 1.807) is 22.9 Å². The summed E-state index contributed by atoms with van der Waals surface area (Å²) in [6, 6.07) is 6.95. The van der Waals surface area contributed by atoms with Crippen LogP contribution in [0.25, 0.3) is 0 Å². The molecular weight excluding hydrogens is 272 g/mol. The average molecular weight is 283 g/mol. The average Bonchev–Trinajstić information content (AvgIpc) is 2.57. The first-order valence-corrected chi connectivity index (χ1v) is 6.39. The summed E-state index contributed by atoms with van der Waals surface area (Å²) in [5, 5.41) is 14.5. The molecule has 1 heterocycles. The highest BCUT2D eigenvalue weighted by Crippen LogP contribution is 2.33. The van der Waals surface area contributed by atoms with Gasteiger partial charge in [-0.05, 0) is 25.1 Å². The lowest BCUT2D eigenvalue weighted by Gasteiger charge is -2.07. The first-order valence-electron chi connectivity index (χ1n) is 5.19. The molecule has 2 aromatic rings. The lowest BCUT2D eigenvalue weighted by atomic mass is 10.2. The Morgan fingerprint density at radius 3 is 2.78 bits per heavy atom. The second kappa shape index (κ2) is 5.04. The molecule has 1 aromatic heterocycles. The van der Waals surface area contributed by atoms with E-state index in [1.165, 1.54) is 11.8 Å². The van der Waals surface area contributed by atoms with Gasteiger partial charge < -0.3 is 5.11 Å². The molecule has 0 fully saturated rings. The zero-order valence-corrected chi connectivity index (χ0v) is 11.4. The van der Waals surface area contributed by atoms with Crippen molar-refractivity contribution in [1.82, 2.24) is 9.78 Å². The molecule has 18 heavy (non-hydrogen) atoms. The van der Waals surface area contributed by atoms with Crippen molar-refractivity contribution in [2.24, 2.45) is 7.05 Å². The summed E-state index contributed by atoms with van der Waals surface area (Å²) in [5.41, 5.74) is 1.02. The van der Waals surface area contributed by atoms with Gasteiger partial charge >= 0.3 is 5.97 Å². The van der Waals surface area contributed by atoms with Crippen LogP contribution >= 0.6 is 23.4 Å². The van der Waals surface area contributed by atoms with E-state index in [9.17, 15) is 9.90 Å². The molecule has 1 aromatic carbocycles. The van der Waals surface area contributed by atoms with Crippen LogP contribution in [0.4, 0.5) is 0 Å². The number of halogens is 1. The highest BCUT2D eigenvalue weighted by molar-refractivity contribution is 7.99. The van der Waals surface area contributed by atoms with Gasteiger partial charge in [0.1, 0.15) is 0 Å². The summed E-state index contributed by atoms with van der Waals surface area (Å²) in [4.78, 5) is 11.8. The molecule has 0 aliphatic rings. The fourth-order valence-electron chi connectivity index (χ4n) is 1.59. The number of rotatable bonds is 3. The predicted octanol–water partition coefficient (Wildman–Crippen LogP) is 3.23. The van der Waals surface area contributed by atoms with E-state index in [0.29, 0.717) is 4.90 Å². The number of carboxylic acid groups (broad SMARTS) is 1. The predicted molar refractivity (Wildman–Crippen MR) is 70.5 cm³/mol. The minimum absolute atomic E-state index is 0.128. The molecule has 0 bridgehead atoms. The number of carboxylic acids is 1. The standard InChI is InChI=1S/C12H11ClN2O2S/c1-7-6-10(15(2)14-7)18-9-5-3-4-8(13)11(9)12(16)17/h3-6H,1-2H3,(H,16,17). The van der Waals surface area contributed by atoms with Gasteiger partial charge in [0.2, 0.25) is 0 Å². The van der Waals surface area contributed by atoms with Crippen molar-refractivity contribution in [3.63, 3.8) is 0 Å². The van der Waals surface area contributed by atoms with Crippen LogP contribution in [0.2, 0.25) is 5.02 Å². The largest absolute Gasteiger partial charge is 0.478 e. The summed E-state index contributed by atoms with van der Waals surface area (Å²) in [6.07, 6.45) is 0. The maximum atomic E-state index is 11.2. The summed E-state index contributed by atoms with van der Waals surface area (Å²) in [7, 11) is 1.82. The summed E-state index contributed by atoms with van der Waals surface area (Å²) < 4.78 is 1.71. The number of aromatic carboxylic acids is 1. The van der Waals surface area contributed by atoms with E-state index in [0.717, 1.165) is 10.7 Å². The maximum absolute atomic E-state index is 11.2. The number of hydrogen-bond acceptors (Lipinski definition) is 3. The van der Waals surface area contributed by atoms with Crippen LogP contribution < -0.4 is 0 Å². The van der Waals surface area contributed by atoms with E-state index in [1.807, 2.05) is 20.0 Å². The molecule has 0 atom stereocenters. The van der Waals surface area contributed by atoms with Gasteiger partial charge in [0.05, 0.1) is 21.3 Å². The zero-order valence-electron chi connectivity index (χ0n) is 9.85. The van der Waals surface area contributed by atoms with Gasteiger partial charge in [-0.3, -0.25) is 4.68 Å². The quantitative estimate of drug-likeness (QED) is 0.939. The SMILES string of the molecule is Cc1cc(Sc2cccc(Cl)c2C(=O)O)n(C)n1. The van der Waals surface area contributed by atoms with Crippen molar-refractivity contribution in [3.05, 3.63) is 40.5 Å². The molecular formula is C12H11ClN2O2S. The van der Waals surface area contributed by atoms with Crippen LogP contribution in [0.3, 0.4) is 0 Å². The Bertz CT molecular complexity index is 610. The minimum Gasteiger partial charge on any atom is -0.478 e. The normalized spacial score (nSPS) is 10.6. The fourth-order valence-corrected chi connectivity index (χ4v) is 2.98. The molecule has 0 amide bonds. The molecule has 0 aliphatic carbocycles. The van der Waals surface area contributed by atoms with Gasteiger partial charge in [-0.15, -0.1) is 0 Å². The van der Waals surface area contributed by atoms with Crippen LogP contribution in [0.15, 0.2) is 34.2 Å². The van der Waals surface area contributed by atoms with E-state index in [4.69, 9.17) is 11.6 Å². The van der Waals surface area contributed by atoms with Crippen LogP contribution in [-0.4, -0.2) is 20.9 Å². The number of nitrogens with zero attached hydrogens (tertiary/aromatic N) is 2. The molecule has 0 aliphatic heterocycles. The van der Waals surface area contributed by atoms with Crippen LogP contribution in [0.5, 0.6) is 0 Å². The van der Waals surface area contributed by atoms with Crippen LogP contribution in [0.1, 0.15) is 16.1 Å². The smallest absolute Gasteiger partial charge is 0.338 e. The van der Waals surface area contributed by atoms with E-state index in [2.05, 4.69) is 5.10 Å². The van der Waals surface area contributed by atoms with E-state index >= 15 is 0 Å². The van der Waals surface area contributed by atoms with Gasteiger partial charge in [0.15, 0.2) is 0 Å². The maximum Gasteiger partial charge on any atom is 0.338 e. The van der Waals surface area contributed by atoms with Gasteiger partial charge in [-0.1, -0.05) is 29.4 Å². The van der Waals surface area contributed by atoms with E-state index < -0.39 is 5.97 Å². The Morgan fingerprint density at radius 2 is 2.22 bits per heavy atom. The Morgan fingerprint density at radius 1 is 1.50 bits per heavy atom. The number of hydrogen-bond donors (Lipinski definition) is 1. The van der Waals surface area contributed by atoms with Crippen molar-refractivity contribution in [3.8, 4) is 0 Å². The van der Waals surface area contributed by atoms with Gasteiger partial charge in [0, 0.05) is 11.9 Å². The van der Waals surface area contributed by atoms with Crippen molar-refractivity contribution in [1.29, 1.82) is 0 Å². The van der Waals surface area contributed by atoms with Crippen molar-refractivity contribution >= 4 is 29.3 Å². The highest BCUT2D eigenvalue weighted by atomic mass is 35.5. The van der Waals surface area contributed by atoms with E-state index in [-0.39, 0.29) is 10.6 Å². The first-order chi connectivity index (χ1) is 8.49. The van der Waals surface area contributed by atoms with Crippen LogP contribution in [0, 0.1) is 6.92 Å². The van der Waals surface area contributed by atoms with Crippen molar-refractivity contribution in [2.75, 3.05) is 0 Å². The molecule has 0 saturated heterocycles. The number of carbonyl (C=O) groups is 1. The Balaban J connectivity index is 2.43. The second-order valence-electron chi connectivity index (χ2n) is 3.77. The first kappa shape index (κ1) is 13.0. The number of aryl methyl sites for hydroxylation is 2. The van der Waals surface area contributed by atoms with Gasteiger partial charge in [0.25, 0.3) is 0 Å². The Kier molecular flexibility index (Phi) is 3.63. The minimum atomic E-state index is -1.03. The molecule has 0 unspecified atom stereocenters. The lowest BCUT2D eigenvalue weighted by Crippen LogP contribution is -2.00. The van der Waals surface area contributed by atoms with Gasteiger partial charge in [-0.25, -0.2) is 4.79 Å². The fraction of sp³-hybridized carbons (Fsp3) is 0.167. The third-order valence-electron chi connectivity index (χ3n) is 2.36. The van der Waals surface area contributed by atoms with Crippen LogP contribution in [-0.2, 0) is 7.05 Å². The molecule has 94 valence electrons. The molecule has 1 N–H and O–H groups in total. The second-order valence-corrected chi connectivity index (χ2v) is 5.24. The summed E-state index contributed by atoms with van der Waals surface area (Å²) in [5.74, 6) is -1.03. The third kappa shape index (κ3) is 2.52. The molecule has 4 nitrogen and oxygen atoms in total. The van der Waals surface area contributed by atoms with Gasteiger partial charge in [-0.2, -0.15) is 5.10 Å². The lowest BCUT2D eigenvalue weighted by molar-refractivity contribution is 0.0693. The Hall–Kier alpha value is -1.46. The summed E-state index contributed by atoms with van der Waals surface area (Å²) >= 11 is 7.26. The highest BCUT2D eigenvalue weighted by Gasteiger charge is 2.16. The molecule has 2 rings (SSSR count). The Labute approximate surface area is 114 Å². The molecule has 6 heteroatoms. The van der Waals surface area contributed by atoms with Crippen molar-refractivity contribution in [2.45, 2.75) is 16.8 Å². The summed E-state index contributed by atoms with van der Waals surface area (Å²) in [6.45, 7) is 1.89. The third-order valence-corrected chi connectivity index (χ3v) is 3.83. The zero-order chi connectivity index (χ0) is 13.3. The molecule has 0 saturated carbocycles. The monoisotopic (exact) mass is 282 g/mol. The number of aromatic nitrogens is 2. The van der Waals surface area contributed by atoms with Crippen molar-refractivity contribution < 1.29 is 9.90 Å².